The van der Waals surface area contributed by atoms with E-state index in [1.807, 2.05) is 0 Å². The molecule has 100 valence electrons. The molecule has 1 aliphatic rings. The zero-order valence-corrected chi connectivity index (χ0v) is 11.5. The van der Waals surface area contributed by atoms with Crippen LogP contribution in [0.1, 0.15) is 35.0 Å². The number of hydrogen-bond acceptors (Lipinski definition) is 4. The number of rotatable bonds is 8. The van der Waals surface area contributed by atoms with Crippen molar-refractivity contribution in [2.75, 3.05) is 19.6 Å². The fourth-order valence-corrected chi connectivity index (χ4v) is 2.89. The minimum Gasteiger partial charge on any atom is -0.478 e. The van der Waals surface area contributed by atoms with E-state index < -0.39 is 5.97 Å². The summed E-state index contributed by atoms with van der Waals surface area (Å²) in [6.07, 6.45) is 2.70. The Kier molecular flexibility index (Phi) is 4.74. The molecule has 1 aromatic rings. The molecule has 0 unspecified atom stereocenters. The lowest BCUT2D eigenvalue weighted by molar-refractivity contribution is 0.0697. The Hall–Kier alpha value is -0.910. The molecule has 0 atom stereocenters. The molecule has 5 heteroatoms. The van der Waals surface area contributed by atoms with Gasteiger partial charge in [0, 0.05) is 35.9 Å². The highest BCUT2D eigenvalue weighted by molar-refractivity contribution is 7.10. The fraction of sp³-hybridized carbons (Fsp3) is 0.615. The molecule has 18 heavy (non-hydrogen) atoms. The highest BCUT2D eigenvalue weighted by Gasteiger charge is 2.26. The van der Waals surface area contributed by atoms with Crippen LogP contribution in [0.3, 0.4) is 0 Å². The van der Waals surface area contributed by atoms with Gasteiger partial charge in [0.25, 0.3) is 0 Å². The van der Waals surface area contributed by atoms with E-state index >= 15 is 0 Å². The van der Waals surface area contributed by atoms with Gasteiger partial charge in [-0.1, -0.05) is 6.92 Å². The number of hydrogen-bond donors (Lipinski definition) is 2. The number of thiophene rings is 1. The highest BCUT2D eigenvalue weighted by Crippen LogP contribution is 2.25. The smallest absolute Gasteiger partial charge is 0.336 e. The first-order valence-corrected chi connectivity index (χ1v) is 7.34. The summed E-state index contributed by atoms with van der Waals surface area (Å²) in [6, 6.07) is 2.57. The van der Waals surface area contributed by atoms with Crippen molar-refractivity contribution in [1.82, 2.24) is 10.2 Å². The van der Waals surface area contributed by atoms with Crippen molar-refractivity contribution in [3.8, 4) is 0 Å². The number of aromatic carboxylic acids is 1. The lowest BCUT2D eigenvalue weighted by Crippen LogP contribution is -2.33. The molecule has 2 N–H and O–H groups in total. The Labute approximate surface area is 112 Å². The average molecular weight is 268 g/mol. The molecule has 1 heterocycles. The van der Waals surface area contributed by atoms with E-state index in [0.717, 1.165) is 37.1 Å². The topological polar surface area (TPSA) is 52.6 Å². The molecule has 0 aliphatic heterocycles. The lowest BCUT2D eigenvalue weighted by atomic mass is 10.3. The molecular formula is C13H20N2O2S. The van der Waals surface area contributed by atoms with E-state index in [1.54, 1.807) is 11.4 Å². The van der Waals surface area contributed by atoms with Gasteiger partial charge in [-0.25, -0.2) is 4.79 Å². The summed E-state index contributed by atoms with van der Waals surface area (Å²) >= 11 is 1.50. The second-order valence-electron chi connectivity index (χ2n) is 4.64. The van der Waals surface area contributed by atoms with E-state index in [2.05, 4.69) is 17.1 Å². The van der Waals surface area contributed by atoms with Gasteiger partial charge in [0.1, 0.15) is 0 Å². The van der Waals surface area contributed by atoms with Crippen molar-refractivity contribution in [1.29, 1.82) is 0 Å². The van der Waals surface area contributed by atoms with Gasteiger partial charge in [0.05, 0.1) is 5.56 Å². The van der Waals surface area contributed by atoms with Crippen LogP contribution in [-0.2, 0) is 6.54 Å². The zero-order valence-electron chi connectivity index (χ0n) is 10.7. The Balaban J connectivity index is 1.66. The summed E-state index contributed by atoms with van der Waals surface area (Å²) in [7, 11) is 0. The molecule has 0 radical (unpaired) electrons. The van der Waals surface area contributed by atoms with Gasteiger partial charge in [-0.3, -0.25) is 4.90 Å². The van der Waals surface area contributed by atoms with Crippen molar-refractivity contribution in [3.63, 3.8) is 0 Å². The van der Waals surface area contributed by atoms with E-state index in [4.69, 9.17) is 5.11 Å². The molecule has 0 bridgehead atoms. The first-order chi connectivity index (χ1) is 8.70. The molecule has 0 spiro atoms. The van der Waals surface area contributed by atoms with Gasteiger partial charge in [-0.15, -0.1) is 11.3 Å². The van der Waals surface area contributed by atoms with E-state index in [0.29, 0.717) is 5.56 Å². The van der Waals surface area contributed by atoms with E-state index in [-0.39, 0.29) is 0 Å². The van der Waals surface area contributed by atoms with Crippen molar-refractivity contribution in [2.24, 2.45) is 0 Å². The summed E-state index contributed by atoms with van der Waals surface area (Å²) in [5.74, 6) is -0.844. The normalized spacial score (nSPS) is 15.2. The van der Waals surface area contributed by atoms with Gasteiger partial charge < -0.3 is 10.4 Å². The van der Waals surface area contributed by atoms with Gasteiger partial charge in [0.2, 0.25) is 0 Å². The Morgan fingerprint density at radius 2 is 2.39 bits per heavy atom. The minimum atomic E-state index is -0.844. The number of carboxylic acid groups (broad SMARTS) is 1. The van der Waals surface area contributed by atoms with Crippen LogP contribution in [0.2, 0.25) is 0 Å². The molecule has 0 aromatic carbocycles. The predicted molar refractivity (Wildman–Crippen MR) is 73.3 cm³/mol. The summed E-state index contributed by atoms with van der Waals surface area (Å²) in [5.41, 5.74) is 0.393. The molecule has 1 aliphatic carbocycles. The molecule has 0 saturated heterocycles. The second kappa shape index (κ2) is 6.31. The Bertz CT molecular complexity index is 401. The van der Waals surface area contributed by atoms with Crippen LogP contribution in [-0.4, -0.2) is 41.7 Å². The van der Waals surface area contributed by atoms with Crippen LogP contribution < -0.4 is 5.32 Å². The number of nitrogens with zero attached hydrogens (tertiary/aromatic N) is 1. The van der Waals surface area contributed by atoms with Gasteiger partial charge in [-0.2, -0.15) is 0 Å². The van der Waals surface area contributed by atoms with E-state index in [1.165, 1.54) is 24.2 Å². The van der Waals surface area contributed by atoms with Crippen molar-refractivity contribution < 1.29 is 9.90 Å². The molecule has 4 nitrogen and oxygen atoms in total. The molecule has 1 fully saturated rings. The van der Waals surface area contributed by atoms with Crippen molar-refractivity contribution in [2.45, 2.75) is 32.4 Å². The minimum absolute atomic E-state index is 0.393. The predicted octanol–water partition coefficient (Wildman–Crippen LogP) is 2.02. The van der Waals surface area contributed by atoms with Gasteiger partial charge >= 0.3 is 5.97 Å². The SMILES string of the molecule is CCN(CCNCc1cc(C(=O)O)cs1)C1CC1. The maximum atomic E-state index is 10.7. The second-order valence-corrected chi connectivity index (χ2v) is 5.64. The zero-order chi connectivity index (χ0) is 13.0. The molecular weight excluding hydrogens is 248 g/mol. The van der Waals surface area contributed by atoms with Gasteiger partial charge in [0.15, 0.2) is 0 Å². The Morgan fingerprint density at radius 1 is 1.61 bits per heavy atom. The van der Waals surface area contributed by atoms with Crippen molar-refractivity contribution >= 4 is 17.3 Å². The summed E-state index contributed by atoms with van der Waals surface area (Å²) in [4.78, 5) is 14.3. The third-order valence-corrected chi connectivity index (χ3v) is 4.18. The van der Waals surface area contributed by atoms with Crippen LogP contribution >= 0.6 is 11.3 Å². The standard InChI is InChI=1S/C13H20N2O2S/c1-2-15(11-3-4-11)6-5-14-8-12-7-10(9-18-12)13(16)17/h7,9,11,14H,2-6,8H2,1H3,(H,16,17). The maximum absolute atomic E-state index is 10.7. The number of nitrogens with one attached hydrogen (secondary N) is 1. The quantitative estimate of drug-likeness (QED) is 0.708. The number of carboxylic acids is 1. The molecule has 0 amide bonds. The van der Waals surface area contributed by atoms with Crippen molar-refractivity contribution in [3.05, 3.63) is 21.9 Å². The largest absolute Gasteiger partial charge is 0.478 e. The van der Waals surface area contributed by atoms with Gasteiger partial charge in [-0.05, 0) is 25.5 Å². The molecule has 1 saturated carbocycles. The molecule has 1 aromatic heterocycles. The highest BCUT2D eigenvalue weighted by atomic mass is 32.1. The Morgan fingerprint density at radius 3 is 2.94 bits per heavy atom. The van der Waals surface area contributed by atoms with Crippen LogP contribution in [0.5, 0.6) is 0 Å². The number of likely N-dealkylation sites (N-methyl/N-ethyl adjacent to an activating group) is 1. The first-order valence-electron chi connectivity index (χ1n) is 6.46. The third-order valence-electron chi connectivity index (χ3n) is 3.25. The monoisotopic (exact) mass is 268 g/mol. The lowest BCUT2D eigenvalue weighted by Gasteiger charge is -2.19. The third kappa shape index (κ3) is 3.80. The molecule has 2 rings (SSSR count). The summed E-state index contributed by atoms with van der Waals surface area (Å²) in [6.45, 7) is 6.13. The van der Waals surface area contributed by atoms with Crippen LogP contribution in [0.4, 0.5) is 0 Å². The van der Waals surface area contributed by atoms with E-state index in [9.17, 15) is 4.79 Å². The average Bonchev–Trinajstić information content (AvgIpc) is 3.07. The summed E-state index contributed by atoms with van der Waals surface area (Å²) < 4.78 is 0. The van der Waals surface area contributed by atoms with Crippen LogP contribution in [0, 0.1) is 0 Å². The number of carbonyl (C=O) groups is 1. The summed E-state index contributed by atoms with van der Waals surface area (Å²) in [5, 5.41) is 13.9. The van der Waals surface area contributed by atoms with Crippen LogP contribution in [0.15, 0.2) is 11.4 Å². The maximum Gasteiger partial charge on any atom is 0.336 e. The fourth-order valence-electron chi connectivity index (χ4n) is 2.06. The van der Waals surface area contributed by atoms with Crippen LogP contribution in [0.25, 0.3) is 0 Å². The first kappa shape index (κ1) is 13.5.